The van der Waals surface area contributed by atoms with Crippen molar-refractivity contribution in [3.63, 3.8) is 0 Å². The zero-order chi connectivity index (χ0) is 38.0. The number of hydrogen-bond acceptors (Lipinski definition) is 9. The third-order valence-electron chi connectivity index (χ3n) is 9.36. The third kappa shape index (κ3) is 9.14. The molecule has 1 aliphatic rings. The molecular formula is C40H43FN8O5. The molecule has 6 rings (SSSR count). The fourth-order valence-electron chi connectivity index (χ4n) is 6.35. The highest BCUT2D eigenvalue weighted by molar-refractivity contribution is 5.98. The van der Waals surface area contributed by atoms with Gasteiger partial charge in [0.1, 0.15) is 5.82 Å². The van der Waals surface area contributed by atoms with Gasteiger partial charge in [0.15, 0.2) is 5.69 Å². The van der Waals surface area contributed by atoms with Crippen LogP contribution in [-0.4, -0.2) is 102 Å². The van der Waals surface area contributed by atoms with E-state index in [9.17, 15) is 23.6 Å². The molecule has 0 atom stereocenters. The maximum Gasteiger partial charge on any atom is 0.272 e. The van der Waals surface area contributed by atoms with Crippen LogP contribution in [-0.2, 0) is 22.4 Å². The van der Waals surface area contributed by atoms with Gasteiger partial charge >= 0.3 is 0 Å². The second-order valence-corrected chi connectivity index (χ2v) is 13.0. The lowest BCUT2D eigenvalue weighted by atomic mass is 10.0. The van der Waals surface area contributed by atoms with Gasteiger partial charge in [-0.25, -0.2) is 14.5 Å². The van der Waals surface area contributed by atoms with Gasteiger partial charge < -0.3 is 30.9 Å². The quantitative estimate of drug-likeness (QED) is 0.125. The molecule has 14 heteroatoms. The normalized spacial score (nSPS) is 12.9. The summed E-state index contributed by atoms with van der Waals surface area (Å²) in [4.78, 5) is 58.4. The lowest BCUT2D eigenvalue weighted by molar-refractivity contribution is -0.131. The number of aromatic amines is 1. The number of benzene rings is 3. The first kappa shape index (κ1) is 37.8. The summed E-state index contributed by atoms with van der Waals surface area (Å²) < 4.78 is 20.5. The molecule has 1 fully saturated rings. The number of carbonyl (C=O) groups is 3. The standard InChI is InChI=1S/C40H43FN8O5/c1-2-26-6-5-7-28(20-26)29-23-34(42)37(45-24-29)39(52)44-13-19-54-18-12-43-25-36(50)48-14-16-49(17-15-48)40(53)32-21-27(10-11-33(32)41)22-35-30-8-3-4-9-31(30)38(51)47-46-35/h3-11,20-21,23-24,43H,2,12-19,22,25,42H2,1H3,(H,44,52)(H,47,51). The molecule has 5 aromatic rings. The first-order valence-corrected chi connectivity index (χ1v) is 17.9. The van der Waals surface area contributed by atoms with E-state index in [0.29, 0.717) is 60.4 Å². The third-order valence-corrected chi connectivity index (χ3v) is 9.36. The number of pyridine rings is 1. The maximum atomic E-state index is 14.9. The van der Waals surface area contributed by atoms with E-state index in [4.69, 9.17) is 10.5 Å². The summed E-state index contributed by atoms with van der Waals surface area (Å²) in [6.45, 7) is 4.66. The molecule has 3 amide bonds. The Balaban J connectivity index is 0.879. The van der Waals surface area contributed by atoms with Crippen LogP contribution < -0.4 is 21.9 Å². The summed E-state index contributed by atoms with van der Waals surface area (Å²) in [7, 11) is 0. The van der Waals surface area contributed by atoms with Crippen molar-refractivity contribution in [1.29, 1.82) is 0 Å². The summed E-state index contributed by atoms with van der Waals surface area (Å²) in [5.41, 5.74) is 10.6. The second-order valence-electron chi connectivity index (χ2n) is 13.0. The largest absolute Gasteiger partial charge is 0.397 e. The molecule has 3 aromatic carbocycles. The number of carbonyl (C=O) groups excluding carboxylic acids is 3. The number of ether oxygens (including phenoxy) is 1. The summed E-state index contributed by atoms with van der Waals surface area (Å²) in [5, 5.41) is 13.7. The van der Waals surface area contributed by atoms with Crippen LogP contribution in [0.3, 0.4) is 0 Å². The average Bonchev–Trinajstić information content (AvgIpc) is 3.20. The molecule has 1 aliphatic heterocycles. The number of rotatable bonds is 14. The molecule has 2 aromatic heterocycles. The smallest absolute Gasteiger partial charge is 0.272 e. The second kappa shape index (κ2) is 17.7. The number of aromatic nitrogens is 3. The molecule has 5 N–H and O–H groups in total. The van der Waals surface area contributed by atoms with Crippen molar-refractivity contribution in [2.24, 2.45) is 0 Å². The summed E-state index contributed by atoms with van der Waals surface area (Å²) >= 11 is 0. The number of nitrogen functional groups attached to an aromatic ring is 1. The van der Waals surface area contributed by atoms with E-state index >= 15 is 0 Å². The predicted molar refractivity (Wildman–Crippen MR) is 204 cm³/mol. The van der Waals surface area contributed by atoms with Crippen LogP contribution >= 0.6 is 0 Å². The van der Waals surface area contributed by atoms with Crippen molar-refractivity contribution < 1.29 is 23.5 Å². The van der Waals surface area contributed by atoms with Crippen molar-refractivity contribution in [3.05, 3.63) is 123 Å². The molecule has 280 valence electrons. The van der Waals surface area contributed by atoms with Gasteiger partial charge in [-0.2, -0.15) is 5.10 Å². The minimum absolute atomic E-state index is 0.0501. The Morgan fingerprint density at radius 1 is 0.889 bits per heavy atom. The number of aryl methyl sites for hydroxylation is 1. The zero-order valence-corrected chi connectivity index (χ0v) is 30.1. The van der Waals surface area contributed by atoms with Crippen LogP contribution in [0.5, 0.6) is 0 Å². The van der Waals surface area contributed by atoms with Gasteiger partial charge in [0.25, 0.3) is 17.4 Å². The number of nitrogens with two attached hydrogens (primary N) is 1. The van der Waals surface area contributed by atoms with Crippen LogP contribution in [0.2, 0.25) is 0 Å². The van der Waals surface area contributed by atoms with Crippen LogP contribution in [0, 0.1) is 5.82 Å². The molecule has 0 bridgehead atoms. The molecule has 0 unspecified atom stereocenters. The van der Waals surface area contributed by atoms with Gasteiger partial charge in [-0.1, -0.05) is 55.5 Å². The Kier molecular flexibility index (Phi) is 12.4. The number of H-pyrrole nitrogens is 1. The Morgan fingerprint density at radius 3 is 2.43 bits per heavy atom. The van der Waals surface area contributed by atoms with Gasteiger partial charge in [-0.15, -0.1) is 0 Å². The fourth-order valence-corrected chi connectivity index (χ4v) is 6.35. The highest BCUT2D eigenvalue weighted by Crippen LogP contribution is 2.24. The minimum Gasteiger partial charge on any atom is -0.397 e. The number of amides is 3. The zero-order valence-electron chi connectivity index (χ0n) is 30.1. The van der Waals surface area contributed by atoms with Gasteiger partial charge in [0, 0.05) is 62.8 Å². The lowest BCUT2D eigenvalue weighted by Crippen LogP contribution is -2.52. The minimum atomic E-state index is -0.628. The van der Waals surface area contributed by atoms with Crippen molar-refractivity contribution in [2.75, 3.05) is 64.8 Å². The molecule has 54 heavy (non-hydrogen) atoms. The Labute approximate surface area is 311 Å². The number of nitrogens with one attached hydrogen (secondary N) is 3. The van der Waals surface area contributed by atoms with Crippen molar-refractivity contribution in [1.82, 2.24) is 35.6 Å². The van der Waals surface area contributed by atoms with Gasteiger partial charge in [0.05, 0.1) is 42.1 Å². The summed E-state index contributed by atoms with van der Waals surface area (Å²) in [6, 6.07) is 21.4. The number of hydrogen-bond donors (Lipinski definition) is 4. The van der Waals surface area contributed by atoms with E-state index in [1.165, 1.54) is 17.7 Å². The molecular weight excluding hydrogens is 691 g/mol. The molecule has 0 radical (unpaired) electrons. The molecule has 0 aliphatic carbocycles. The molecule has 3 heterocycles. The van der Waals surface area contributed by atoms with E-state index in [1.54, 1.807) is 46.3 Å². The topological polar surface area (TPSA) is 176 Å². The van der Waals surface area contributed by atoms with E-state index in [1.807, 2.05) is 18.2 Å². The lowest BCUT2D eigenvalue weighted by Gasteiger charge is -2.35. The summed E-state index contributed by atoms with van der Waals surface area (Å²) in [6.07, 6.45) is 2.86. The molecule has 1 saturated heterocycles. The van der Waals surface area contributed by atoms with Crippen LogP contribution in [0.1, 0.15) is 44.6 Å². The van der Waals surface area contributed by atoms with Gasteiger partial charge in [0.2, 0.25) is 5.91 Å². The average molecular weight is 735 g/mol. The van der Waals surface area contributed by atoms with Crippen molar-refractivity contribution in [2.45, 2.75) is 19.8 Å². The highest BCUT2D eigenvalue weighted by Gasteiger charge is 2.26. The number of nitrogens with zero attached hydrogens (tertiary/aromatic N) is 4. The molecule has 0 spiro atoms. The number of piperazine rings is 1. The summed E-state index contributed by atoms with van der Waals surface area (Å²) in [5.74, 6) is -1.57. The fraction of sp³-hybridized carbons (Fsp3) is 0.300. The van der Waals surface area contributed by atoms with Crippen molar-refractivity contribution in [3.8, 4) is 11.1 Å². The Bertz CT molecular complexity index is 2200. The van der Waals surface area contributed by atoms with E-state index in [2.05, 4.69) is 44.9 Å². The molecule has 13 nitrogen and oxygen atoms in total. The van der Waals surface area contributed by atoms with E-state index in [0.717, 1.165) is 17.5 Å². The maximum absolute atomic E-state index is 14.9. The monoisotopic (exact) mass is 734 g/mol. The Morgan fingerprint density at radius 2 is 1.65 bits per heavy atom. The Hall–Kier alpha value is -5.99. The SMILES string of the molecule is CCc1cccc(-c2cnc(C(=O)NCCOCCNCC(=O)N3CCN(C(=O)c4cc(Cc5n[nH]c(=O)c6ccccc56)ccc4F)CC3)c(N)c2)c1. The van der Waals surface area contributed by atoms with E-state index < -0.39 is 11.7 Å². The van der Waals surface area contributed by atoms with Crippen LogP contribution in [0.15, 0.2) is 83.8 Å². The number of halogens is 1. The number of fused-ring (bicyclic) bond motifs is 1. The van der Waals surface area contributed by atoms with Crippen molar-refractivity contribution >= 4 is 34.2 Å². The van der Waals surface area contributed by atoms with Gasteiger partial charge in [-0.3, -0.25) is 19.2 Å². The van der Waals surface area contributed by atoms with Crippen LogP contribution in [0.4, 0.5) is 10.1 Å². The van der Waals surface area contributed by atoms with Crippen LogP contribution in [0.25, 0.3) is 21.9 Å². The first-order chi connectivity index (χ1) is 26.2. The molecule has 0 saturated carbocycles. The predicted octanol–water partition coefficient (Wildman–Crippen LogP) is 3.18. The first-order valence-electron chi connectivity index (χ1n) is 17.9. The van der Waals surface area contributed by atoms with Gasteiger partial charge in [-0.05, 0) is 47.4 Å². The number of anilines is 1. The highest BCUT2D eigenvalue weighted by atomic mass is 19.1. The van der Waals surface area contributed by atoms with E-state index in [-0.39, 0.29) is 61.4 Å².